The van der Waals surface area contributed by atoms with Crippen molar-refractivity contribution >= 4 is 29.4 Å². The lowest BCUT2D eigenvalue weighted by molar-refractivity contribution is -0.302. The Morgan fingerprint density at radius 3 is 2.28 bits per heavy atom. The summed E-state index contributed by atoms with van der Waals surface area (Å²) in [7, 11) is 2.86. The predicted molar refractivity (Wildman–Crippen MR) is 237 cm³/mol. The minimum absolute atomic E-state index is 0.0225. The van der Waals surface area contributed by atoms with Gasteiger partial charge in [-0.15, -0.1) is 0 Å². The van der Waals surface area contributed by atoms with E-state index in [1.165, 1.54) is 26.4 Å². The highest BCUT2D eigenvalue weighted by molar-refractivity contribution is 6.39. The number of halogens is 1. The van der Waals surface area contributed by atoms with Gasteiger partial charge in [-0.2, -0.15) is 0 Å². The molecule has 16 heteroatoms. The van der Waals surface area contributed by atoms with Crippen molar-refractivity contribution in [3.05, 3.63) is 53.1 Å². The number of rotatable bonds is 8. The molecule has 2 bridgehead atoms. The molecule has 15 atom stereocenters. The zero-order valence-corrected chi connectivity index (χ0v) is 39.2. The van der Waals surface area contributed by atoms with Crippen LogP contribution in [0, 0.1) is 29.6 Å². The van der Waals surface area contributed by atoms with Crippen LogP contribution in [0.3, 0.4) is 0 Å². The van der Waals surface area contributed by atoms with Crippen molar-refractivity contribution in [2.75, 3.05) is 20.8 Å². The number of carbonyl (C=O) groups is 5. The Balaban J connectivity index is 1.51. The van der Waals surface area contributed by atoms with Crippen LogP contribution in [-0.2, 0) is 38.1 Å². The first kappa shape index (κ1) is 51.9. The number of ether oxygens (including phenoxy) is 5. The summed E-state index contributed by atoms with van der Waals surface area (Å²) in [6.07, 6.45) is -0.374. The molecule has 0 spiro atoms. The number of alkyl halides is 1. The number of hydrogen-bond donors (Lipinski definition) is 4. The molecule has 1 amide bonds. The maximum absolute atomic E-state index is 16.3. The number of ketones is 2. The van der Waals surface area contributed by atoms with E-state index in [0.717, 1.165) is 4.90 Å². The van der Waals surface area contributed by atoms with Gasteiger partial charge in [-0.05, 0) is 119 Å². The quantitative estimate of drug-likeness (QED) is 0.143. The number of carboxylic acids is 1. The fraction of sp³-hybridized carbons (Fsp3) is 0.694. The van der Waals surface area contributed by atoms with Gasteiger partial charge in [0.25, 0.3) is 11.7 Å². The summed E-state index contributed by atoms with van der Waals surface area (Å²) in [5.41, 5.74) is 7.51. The van der Waals surface area contributed by atoms with E-state index in [4.69, 9.17) is 29.4 Å². The first-order valence-electron chi connectivity index (χ1n) is 23.2. The van der Waals surface area contributed by atoms with Gasteiger partial charge in [0.15, 0.2) is 0 Å². The Kier molecular flexibility index (Phi) is 18.1. The van der Waals surface area contributed by atoms with Crippen LogP contribution in [0.4, 0.5) is 4.39 Å². The van der Waals surface area contributed by atoms with E-state index in [1.807, 2.05) is 13.0 Å². The van der Waals surface area contributed by atoms with Crippen LogP contribution in [0.1, 0.15) is 116 Å². The largest absolute Gasteiger partial charge is 0.489 e. The summed E-state index contributed by atoms with van der Waals surface area (Å²) in [6, 6.07) is 4.53. The number of carboxylic acid groups (broad SMARTS) is 1. The highest BCUT2D eigenvalue weighted by Crippen LogP contribution is 2.40. The first-order valence-corrected chi connectivity index (χ1v) is 23.2. The second-order valence-electron chi connectivity index (χ2n) is 18.9. The number of hydrogen-bond acceptors (Lipinski definition) is 13. The molecule has 1 aromatic carbocycles. The van der Waals surface area contributed by atoms with Gasteiger partial charge in [0.2, 0.25) is 5.79 Å². The highest BCUT2D eigenvalue weighted by atomic mass is 19.1. The Morgan fingerprint density at radius 2 is 1.65 bits per heavy atom. The molecule has 0 aromatic heterocycles. The molecule has 15 unspecified atom stereocenters. The van der Waals surface area contributed by atoms with Crippen LogP contribution in [0.25, 0.3) is 0 Å². The second-order valence-corrected chi connectivity index (χ2v) is 18.9. The third-order valence-electron chi connectivity index (χ3n) is 14.3. The van der Waals surface area contributed by atoms with Gasteiger partial charge in [-0.1, -0.05) is 39.8 Å². The number of piperidine rings is 1. The molecule has 1 aromatic rings. The number of Topliss-reactive ketones (excluding diaryl/α,β-unsaturated/α-hetero) is 2. The smallest absolute Gasteiger partial charge is 0.335 e. The molecule has 3 aliphatic heterocycles. The van der Waals surface area contributed by atoms with Crippen molar-refractivity contribution in [3.8, 4) is 5.75 Å². The molecule has 1 aliphatic carbocycles. The van der Waals surface area contributed by atoms with Crippen LogP contribution < -0.4 is 10.5 Å². The number of methoxy groups -OCH3 is 2. The number of nitrogens with zero attached hydrogens (tertiary/aromatic N) is 1. The van der Waals surface area contributed by atoms with Crippen molar-refractivity contribution in [3.63, 3.8) is 0 Å². The average molecular weight is 915 g/mol. The normalized spacial score (nSPS) is 38.4. The number of allylic oxidation sites excluding steroid dienone is 3. The summed E-state index contributed by atoms with van der Waals surface area (Å²) in [4.78, 5) is 69.5. The number of esters is 1. The molecule has 2 saturated heterocycles. The fourth-order valence-corrected chi connectivity index (χ4v) is 10.1. The molecule has 4 aliphatic rings. The maximum atomic E-state index is 16.3. The van der Waals surface area contributed by atoms with Crippen molar-refractivity contribution < 1.29 is 67.4 Å². The zero-order valence-electron chi connectivity index (χ0n) is 39.2. The van der Waals surface area contributed by atoms with Gasteiger partial charge in [0, 0.05) is 51.0 Å². The van der Waals surface area contributed by atoms with E-state index in [0.29, 0.717) is 55.4 Å². The van der Waals surface area contributed by atoms with Crippen molar-refractivity contribution in [2.24, 2.45) is 35.3 Å². The van der Waals surface area contributed by atoms with E-state index < -0.39 is 102 Å². The topological polar surface area (TPSA) is 221 Å². The minimum atomic E-state index is -2.63. The highest BCUT2D eigenvalue weighted by Gasteiger charge is 2.57. The molecule has 0 radical (unpaired) electrons. The molecule has 5 N–H and O–H groups in total. The van der Waals surface area contributed by atoms with Gasteiger partial charge in [0.1, 0.15) is 42.1 Å². The number of cyclic esters (lactones) is 1. The average Bonchev–Trinajstić information content (AvgIpc) is 3.29. The van der Waals surface area contributed by atoms with Gasteiger partial charge in [-0.25, -0.2) is 14.0 Å². The van der Waals surface area contributed by atoms with Crippen LogP contribution in [0.15, 0.2) is 47.6 Å². The lowest BCUT2D eigenvalue weighted by atomic mass is 9.81. The number of aliphatic hydroxyl groups is 2. The van der Waals surface area contributed by atoms with E-state index >= 15 is 4.39 Å². The predicted octanol–water partition coefficient (Wildman–Crippen LogP) is 5.52. The zero-order chi connectivity index (χ0) is 47.9. The standard InChI is InChI=1S/C49H71FN2O13/c1-9-32-21-26(2)42(50)27(3)22-40(61-7)44-41(62-8)23-29(5)49(60,65-44)45(55)46(56)52-19-11-10-12-36(52)48(59)64-43(30(6)37(53)25-38(32)54)28(4)20-31-13-18-35(51)39(24-31)63-34-16-14-33(15-17-34)47(57)58/h14-17,20-21,27,29-32,35-37,39-44,53,60H,9-13,18-19,22-25,51H2,1-8H3,(H,57,58)/b26-21+,28-20?. The maximum Gasteiger partial charge on any atom is 0.335 e. The number of carbonyl (C=O) groups excluding carboxylic acids is 4. The molecule has 1 saturated carbocycles. The Bertz CT molecular complexity index is 1910. The third kappa shape index (κ3) is 12.1. The van der Waals surface area contributed by atoms with Crippen LogP contribution in [0.5, 0.6) is 5.75 Å². The molecule has 65 heavy (non-hydrogen) atoms. The molecule has 3 fully saturated rings. The molecular weight excluding hydrogens is 844 g/mol. The van der Waals surface area contributed by atoms with Gasteiger partial charge < -0.3 is 49.6 Å². The number of aliphatic hydroxyl groups excluding tert-OH is 1. The SMILES string of the molecule is CCC1/C=C(\C)C(F)C(C)CC(OC)C2OC(O)(C(=O)C(=O)N3CCCCC3C(=O)OC(C(C)=CC3CCC(N)C(Oc4ccc(C(=O)O)cc4)C3)C(C)C(O)CC1=O)C(C)CC2OC. The summed E-state index contributed by atoms with van der Waals surface area (Å²) in [6.45, 7) is 10.1. The molecular formula is C49H71FN2O13. The second kappa shape index (κ2) is 22.6. The molecule has 362 valence electrons. The Labute approximate surface area is 382 Å². The monoisotopic (exact) mass is 914 g/mol. The Hall–Kier alpha value is -4.06. The fourth-order valence-electron chi connectivity index (χ4n) is 10.1. The number of nitrogens with two attached hydrogens (primary N) is 1. The molecule has 5 rings (SSSR count). The number of aromatic carboxylic acids is 1. The van der Waals surface area contributed by atoms with Crippen molar-refractivity contribution in [1.82, 2.24) is 4.90 Å². The van der Waals surface area contributed by atoms with E-state index in [2.05, 4.69) is 0 Å². The third-order valence-corrected chi connectivity index (χ3v) is 14.3. The van der Waals surface area contributed by atoms with Gasteiger partial charge in [-0.3, -0.25) is 14.4 Å². The molecule has 15 nitrogen and oxygen atoms in total. The van der Waals surface area contributed by atoms with E-state index in [9.17, 15) is 39.3 Å². The first-order chi connectivity index (χ1) is 30.7. The van der Waals surface area contributed by atoms with E-state index in [1.54, 1.807) is 52.8 Å². The molecule has 3 heterocycles. The van der Waals surface area contributed by atoms with Gasteiger partial charge in [0.05, 0.1) is 23.9 Å². The van der Waals surface area contributed by atoms with Crippen molar-refractivity contribution in [2.45, 2.75) is 166 Å². The van der Waals surface area contributed by atoms with Crippen LogP contribution >= 0.6 is 0 Å². The Morgan fingerprint density at radius 1 is 0.985 bits per heavy atom. The van der Waals surface area contributed by atoms with E-state index in [-0.39, 0.29) is 55.5 Å². The minimum Gasteiger partial charge on any atom is -0.489 e. The lowest BCUT2D eigenvalue weighted by Crippen LogP contribution is -2.64. The summed E-state index contributed by atoms with van der Waals surface area (Å²) >= 11 is 0. The summed E-state index contributed by atoms with van der Waals surface area (Å²) in [5, 5.41) is 33.2. The number of amides is 1. The summed E-state index contributed by atoms with van der Waals surface area (Å²) < 4.78 is 46.6. The van der Waals surface area contributed by atoms with Crippen LogP contribution in [-0.4, -0.2) is 131 Å². The summed E-state index contributed by atoms with van der Waals surface area (Å²) in [5.74, 6) is -10.0. The number of benzene rings is 1. The van der Waals surface area contributed by atoms with Crippen LogP contribution in [0.2, 0.25) is 0 Å². The lowest BCUT2D eigenvalue weighted by Gasteiger charge is -2.47. The van der Waals surface area contributed by atoms with Gasteiger partial charge >= 0.3 is 11.9 Å². The number of fused-ring (bicyclic) bond motifs is 3. The van der Waals surface area contributed by atoms with Crippen molar-refractivity contribution in [1.29, 1.82) is 0 Å².